The van der Waals surface area contributed by atoms with Gasteiger partial charge in [0.2, 0.25) is 0 Å². The third kappa shape index (κ3) is 3.28. The summed E-state index contributed by atoms with van der Waals surface area (Å²) in [7, 11) is 0. The summed E-state index contributed by atoms with van der Waals surface area (Å²) < 4.78 is 0.413. The maximum Gasteiger partial charge on any atom is 0.125 e. The van der Waals surface area contributed by atoms with Crippen molar-refractivity contribution in [3.63, 3.8) is 0 Å². The maximum atomic E-state index is 5.68. The van der Waals surface area contributed by atoms with Gasteiger partial charge in [0.05, 0.1) is 0 Å². The molecule has 94 valence electrons. The first-order valence-corrected chi connectivity index (χ1v) is 7.47. The molecule has 0 unspecified atom stereocenters. The molecule has 3 N–H and O–H groups in total. The van der Waals surface area contributed by atoms with Gasteiger partial charge in [-0.15, -0.1) is 0 Å². The number of nitrogens with two attached hydrogens (primary N) is 1. The Morgan fingerprint density at radius 3 is 2.82 bits per heavy atom. The normalized spacial score (nSPS) is 18.9. The predicted molar refractivity (Wildman–Crippen MR) is 76.5 cm³/mol. The zero-order valence-corrected chi connectivity index (χ0v) is 11.2. The van der Waals surface area contributed by atoms with Crippen LogP contribution in [0.15, 0.2) is 18.3 Å². The Morgan fingerprint density at radius 2 is 2.18 bits per heavy atom. The first-order chi connectivity index (χ1) is 8.24. The van der Waals surface area contributed by atoms with Crippen molar-refractivity contribution in [2.45, 2.75) is 36.9 Å². The molecule has 1 aliphatic carbocycles. The molecule has 2 rings (SSSR count). The van der Waals surface area contributed by atoms with E-state index in [-0.39, 0.29) is 0 Å². The molecule has 0 atom stereocenters. The molecular weight excluding hydrogens is 230 g/mol. The van der Waals surface area contributed by atoms with Crippen molar-refractivity contribution in [2.24, 2.45) is 0 Å². The number of nitrogens with one attached hydrogen (secondary N) is 1. The minimum Gasteiger partial charge on any atom is -0.384 e. The van der Waals surface area contributed by atoms with Crippen LogP contribution in [0.3, 0.4) is 0 Å². The van der Waals surface area contributed by atoms with Gasteiger partial charge in [-0.25, -0.2) is 4.98 Å². The number of rotatable bonds is 4. The molecule has 0 aromatic carbocycles. The lowest BCUT2D eigenvalue weighted by Gasteiger charge is -2.36. The number of aromatic nitrogens is 1. The molecular formula is C13H21N3S. The fraction of sp³-hybridized carbons (Fsp3) is 0.615. The van der Waals surface area contributed by atoms with E-state index < -0.39 is 0 Å². The second kappa shape index (κ2) is 5.63. The summed E-state index contributed by atoms with van der Waals surface area (Å²) in [5.74, 6) is 0.580. The first kappa shape index (κ1) is 12.6. The molecule has 0 bridgehead atoms. The van der Waals surface area contributed by atoms with Crippen LogP contribution in [-0.2, 0) is 0 Å². The van der Waals surface area contributed by atoms with Crippen LogP contribution in [0.1, 0.15) is 32.1 Å². The lowest BCUT2D eigenvalue weighted by atomic mass is 9.88. The minimum absolute atomic E-state index is 0.413. The number of nitrogen functional groups attached to an aromatic ring is 1. The topological polar surface area (TPSA) is 50.9 Å². The van der Waals surface area contributed by atoms with Gasteiger partial charge in [0.15, 0.2) is 0 Å². The summed E-state index contributed by atoms with van der Waals surface area (Å²) in [6, 6.07) is 3.88. The van der Waals surface area contributed by atoms with Crippen molar-refractivity contribution < 1.29 is 0 Å². The Bertz CT molecular complexity index is 361. The summed E-state index contributed by atoms with van der Waals surface area (Å²) in [6.45, 7) is 1.03. The Labute approximate surface area is 108 Å². The van der Waals surface area contributed by atoms with Gasteiger partial charge in [-0.3, -0.25) is 0 Å². The summed E-state index contributed by atoms with van der Waals surface area (Å²) in [5, 5.41) is 3.51. The molecule has 1 aliphatic rings. The number of thioether (sulfide) groups is 1. The van der Waals surface area contributed by atoms with Crippen LogP contribution in [0, 0.1) is 0 Å². The first-order valence-electron chi connectivity index (χ1n) is 6.25. The van der Waals surface area contributed by atoms with Gasteiger partial charge >= 0.3 is 0 Å². The van der Waals surface area contributed by atoms with E-state index in [4.69, 9.17) is 5.73 Å². The lowest BCUT2D eigenvalue weighted by molar-refractivity contribution is 0.411. The highest BCUT2D eigenvalue weighted by atomic mass is 32.2. The van der Waals surface area contributed by atoms with Crippen LogP contribution in [0.25, 0.3) is 0 Å². The number of hydrogen-bond acceptors (Lipinski definition) is 4. The van der Waals surface area contributed by atoms with Gasteiger partial charge in [0, 0.05) is 29.2 Å². The van der Waals surface area contributed by atoms with E-state index in [2.05, 4.69) is 16.6 Å². The SMILES string of the molecule is CSC1(CNc2ccnc(N)c2)CCCCC1. The average molecular weight is 251 g/mol. The van der Waals surface area contributed by atoms with Crippen molar-refractivity contribution in [3.05, 3.63) is 18.3 Å². The highest BCUT2D eigenvalue weighted by Gasteiger charge is 2.30. The van der Waals surface area contributed by atoms with Crippen LogP contribution in [0.2, 0.25) is 0 Å². The minimum atomic E-state index is 0.413. The molecule has 1 aromatic rings. The van der Waals surface area contributed by atoms with E-state index in [1.807, 2.05) is 23.9 Å². The van der Waals surface area contributed by atoms with Crippen LogP contribution in [0.4, 0.5) is 11.5 Å². The zero-order chi connectivity index (χ0) is 12.1. The second-order valence-electron chi connectivity index (χ2n) is 4.77. The molecule has 17 heavy (non-hydrogen) atoms. The lowest BCUT2D eigenvalue weighted by Crippen LogP contribution is -2.35. The van der Waals surface area contributed by atoms with E-state index in [1.54, 1.807) is 6.20 Å². The molecule has 1 fully saturated rings. The summed E-state index contributed by atoms with van der Waals surface area (Å²) in [6.07, 6.45) is 10.7. The monoisotopic (exact) mass is 251 g/mol. The van der Waals surface area contributed by atoms with Gasteiger partial charge in [0.25, 0.3) is 0 Å². The quantitative estimate of drug-likeness (QED) is 0.863. The Hall–Kier alpha value is -0.900. The van der Waals surface area contributed by atoms with Crippen LogP contribution >= 0.6 is 11.8 Å². The average Bonchev–Trinajstić information content (AvgIpc) is 2.38. The van der Waals surface area contributed by atoms with Crippen LogP contribution in [-0.4, -0.2) is 22.5 Å². The molecule has 0 saturated heterocycles. The number of hydrogen-bond donors (Lipinski definition) is 2. The Morgan fingerprint density at radius 1 is 1.41 bits per heavy atom. The summed E-state index contributed by atoms with van der Waals surface area (Å²) in [4.78, 5) is 4.00. The fourth-order valence-electron chi connectivity index (χ4n) is 2.47. The largest absolute Gasteiger partial charge is 0.384 e. The standard InChI is InChI=1S/C13H21N3S/c1-17-13(6-3-2-4-7-13)10-16-11-5-8-15-12(14)9-11/h5,8-9H,2-4,6-7,10H2,1H3,(H3,14,15,16). The van der Waals surface area contributed by atoms with Gasteiger partial charge in [-0.1, -0.05) is 19.3 Å². The number of nitrogens with zero attached hydrogens (tertiary/aromatic N) is 1. The molecule has 0 aliphatic heterocycles. The predicted octanol–water partition coefficient (Wildman–Crippen LogP) is 3.14. The third-order valence-corrected chi connectivity index (χ3v) is 5.01. The van der Waals surface area contributed by atoms with Gasteiger partial charge < -0.3 is 11.1 Å². The third-order valence-electron chi connectivity index (χ3n) is 3.59. The van der Waals surface area contributed by atoms with Crippen molar-refractivity contribution in [1.82, 2.24) is 4.98 Å². The van der Waals surface area contributed by atoms with Gasteiger partial charge in [0.1, 0.15) is 5.82 Å². The molecule has 1 heterocycles. The van der Waals surface area contributed by atoms with Crippen molar-refractivity contribution in [2.75, 3.05) is 23.9 Å². The van der Waals surface area contributed by atoms with Crippen LogP contribution in [0.5, 0.6) is 0 Å². The maximum absolute atomic E-state index is 5.68. The zero-order valence-electron chi connectivity index (χ0n) is 10.4. The summed E-state index contributed by atoms with van der Waals surface area (Å²) >= 11 is 2.01. The molecule has 0 spiro atoms. The Kier molecular flexibility index (Phi) is 4.15. The van der Waals surface area contributed by atoms with Gasteiger partial charge in [-0.05, 0) is 25.2 Å². The van der Waals surface area contributed by atoms with Crippen molar-refractivity contribution >= 4 is 23.3 Å². The summed E-state index contributed by atoms with van der Waals surface area (Å²) in [5.41, 5.74) is 6.76. The van der Waals surface area contributed by atoms with Crippen molar-refractivity contribution in [1.29, 1.82) is 0 Å². The Balaban J connectivity index is 1.95. The molecule has 3 nitrogen and oxygen atoms in total. The van der Waals surface area contributed by atoms with E-state index in [1.165, 1.54) is 32.1 Å². The highest BCUT2D eigenvalue weighted by molar-refractivity contribution is 8.00. The molecule has 0 amide bonds. The van der Waals surface area contributed by atoms with E-state index in [0.717, 1.165) is 12.2 Å². The van der Waals surface area contributed by atoms with Gasteiger partial charge in [-0.2, -0.15) is 11.8 Å². The van der Waals surface area contributed by atoms with Crippen molar-refractivity contribution in [3.8, 4) is 0 Å². The molecule has 0 radical (unpaired) electrons. The van der Waals surface area contributed by atoms with Crippen LogP contribution < -0.4 is 11.1 Å². The molecule has 1 saturated carbocycles. The van der Waals surface area contributed by atoms with E-state index in [0.29, 0.717) is 10.6 Å². The number of pyridine rings is 1. The fourth-order valence-corrected chi connectivity index (χ4v) is 3.38. The molecule has 1 aromatic heterocycles. The van der Waals surface area contributed by atoms with E-state index >= 15 is 0 Å². The highest BCUT2D eigenvalue weighted by Crippen LogP contribution is 2.38. The number of anilines is 2. The molecule has 4 heteroatoms. The smallest absolute Gasteiger partial charge is 0.125 e. The van der Waals surface area contributed by atoms with E-state index in [9.17, 15) is 0 Å². The second-order valence-corrected chi connectivity index (χ2v) is 6.05.